The summed E-state index contributed by atoms with van der Waals surface area (Å²) in [7, 11) is 0. The third-order valence-corrected chi connectivity index (χ3v) is 2.73. The van der Waals surface area contributed by atoms with E-state index >= 15 is 0 Å². The van der Waals surface area contributed by atoms with Gasteiger partial charge in [-0.3, -0.25) is 5.10 Å². The van der Waals surface area contributed by atoms with Gasteiger partial charge in [0.2, 0.25) is 0 Å². The molecule has 0 spiro atoms. The Bertz CT molecular complexity index is 558. The summed E-state index contributed by atoms with van der Waals surface area (Å²) in [5.41, 5.74) is 6.67. The molecule has 0 saturated carbocycles. The zero-order chi connectivity index (χ0) is 13.3. The monoisotopic (exact) mass is 255 g/mol. The maximum atomic E-state index is 12.6. The first-order chi connectivity index (χ1) is 8.43. The van der Waals surface area contributed by atoms with Crippen molar-refractivity contribution in [3.8, 4) is 11.3 Å². The van der Waals surface area contributed by atoms with Crippen LogP contribution in [0.25, 0.3) is 11.3 Å². The van der Waals surface area contributed by atoms with E-state index < -0.39 is 11.7 Å². The lowest BCUT2D eigenvalue weighted by molar-refractivity contribution is -0.137. The van der Waals surface area contributed by atoms with Gasteiger partial charge >= 0.3 is 6.18 Å². The molecule has 0 atom stereocenters. The Morgan fingerprint density at radius 1 is 1.33 bits per heavy atom. The largest absolute Gasteiger partial charge is 0.416 e. The molecule has 1 aromatic heterocycles. The van der Waals surface area contributed by atoms with Gasteiger partial charge in [-0.2, -0.15) is 18.3 Å². The minimum atomic E-state index is -4.35. The molecule has 0 fully saturated rings. The number of hydrogen-bond acceptors (Lipinski definition) is 2. The van der Waals surface area contributed by atoms with E-state index in [1.54, 1.807) is 6.07 Å². The Hall–Kier alpha value is -1.98. The molecule has 96 valence electrons. The number of nitrogens with one attached hydrogen (secondary N) is 1. The molecule has 0 radical (unpaired) electrons. The quantitative estimate of drug-likeness (QED) is 0.865. The lowest BCUT2D eigenvalue weighted by Gasteiger charge is -2.08. The Morgan fingerprint density at radius 3 is 2.67 bits per heavy atom. The summed E-state index contributed by atoms with van der Waals surface area (Å²) in [5.74, 6) is 0.324. The molecule has 0 saturated heterocycles. The van der Waals surface area contributed by atoms with E-state index in [1.165, 1.54) is 6.07 Å². The van der Waals surface area contributed by atoms with Gasteiger partial charge < -0.3 is 5.73 Å². The zero-order valence-corrected chi connectivity index (χ0v) is 9.67. The normalized spacial score (nSPS) is 11.8. The highest BCUT2D eigenvalue weighted by Gasteiger charge is 2.30. The second-order valence-electron chi connectivity index (χ2n) is 3.89. The number of halogens is 3. The second-order valence-corrected chi connectivity index (χ2v) is 3.89. The Morgan fingerprint density at radius 2 is 2.06 bits per heavy atom. The summed E-state index contributed by atoms with van der Waals surface area (Å²) in [4.78, 5) is 0. The van der Waals surface area contributed by atoms with Gasteiger partial charge in [-0.1, -0.05) is 19.1 Å². The van der Waals surface area contributed by atoms with Crippen molar-refractivity contribution in [3.05, 3.63) is 35.4 Å². The van der Waals surface area contributed by atoms with Crippen LogP contribution in [0, 0.1) is 0 Å². The number of nitrogen functional groups attached to an aromatic ring is 1. The zero-order valence-electron chi connectivity index (χ0n) is 9.67. The maximum Gasteiger partial charge on any atom is 0.416 e. The number of anilines is 1. The highest BCUT2D eigenvalue weighted by Crippen LogP contribution is 2.33. The number of hydrogen-bond donors (Lipinski definition) is 2. The van der Waals surface area contributed by atoms with Crippen molar-refractivity contribution < 1.29 is 13.2 Å². The number of H-pyrrole nitrogens is 1. The van der Waals surface area contributed by atoms with Crippen molar-refractivity contribution in [1.82, 2.24) is 10.2 Å². The van der Waals surface area contributed by atoms with Crippen LogP contribution in [-0.2, 0) is 12.6 Å². The van der Waals surface area contributed by atoms with Crippen LogP contribution in [0.15, 0.2) is 24.3 Å². The molecule has 3 N–H and O–H groups in total. The molecule has 0 bridgehead atoms. The van der Waals surface area contributed by atoms with E-state index in [4.69, 9.17) is 5.73 Å². The molecule has 3 nitrogen and oxygen atoms in total. The topological polar surface area (TPSA) is 54.7 Å². The smallest absolute Gasteiger partial charge is 0.382 e. The minimum absolute atomic E-state index is 0.324. The van der Waals surface area contributed by atoms with Crippen LogP contribution in [0.5, 0.6) is 0 Å². The van der Waals surface area contributed by atoms with Gasteiger partial charge in [-0.15, -0.1) is 0 Å². The number of aromatic nitrogens is 2. The lowest BCUT2D eigenvalue weighted by atomic mass is 10.0. The van der Waals surface area contributed by atoms with E-state index in [1.807, 2.05) is 6.92 Å². The van der Waals surface area contributed by atoms with Crippen molar-refractivity contribution in [1.29, 1.82) is 0 Å². The van der Waals surface area contributed by atoms with Crippen molar-refractivity contribution >= 4 is 5.82 Å². The number of alkyl halides is 3. The average molecular weight is 255 g/mol. The van der Waals surface area contributed by atoms with E-state index in [0.29, 0.717) is 23.5 Å². The molecule has 0 unspecified atom stereocenters. The van der Waals surface area contributed by atoms with Crippen LogP contribution in [0.2, 0.25) is 0 Å². The maximum absolute atomic E-state index is 12.6. The summed E-state index contributed by atoms with van der Waals surface area (Å²) in [6, 6.07) is 5.09. The molecule has 0 aliphatic carbocycles. The molecular formula is C12H12F3N3. The fourth-order valence-electron chi connectivity index (χ4n) is 1.83. The van der Waals surface area contributed by atoms with E-state index in [9.17, 15) is 13.2 Å². The highest BCUT2D eigenvalue weighted by molar-refractivity contribution is 5.68. The van der Waals surface area contributed by atoms with Crippen molar-refractivity contribution in [3.63, 3.8) is 0 Å². The minimum Gasteiger partial charge on any atom is -0.382 e. The molecule has 1 aromatic carbocycles. The number of benzene rings is 1. The van der Waals surface area contributed by atoms with Gasteiger partial charge in [0.1, 0.15) is 5.82 Å². The van der Waals surface area contributed by atoms with Crippen LogP contribution in [-0.4, -0.2) is 10.2 Å². The summed E-state index contributed by atoms with van der Waals surface area (Å²) in [6.07, 6.45) is -3.75. The Labute approximate surface area is 102 Å². The van der Waals surface area contributed by atoms with Crippen molar-refractivity contribution in [2.75, 3.05) is 5.73 Å². The molecular weight excluding hydrogens is 243 g/mol. The Kier molecular flexibility index (Phi) is 3.02. The predicted octanol–water partition coefficient (Wildman–Crippen LogP) is 3.24. The third kappa shape index (κ3) is 2.18. The molecule has 6 heteroatoms. The summed E-state index contributed by atoms with van der Waals surface area (Å²) in [5, 5.41) is 6.50. The first-order valence-electron chi connectivity index (χ1n) is 5.43. The van der Waals surface area contributed by atoms with Gasteiger partial charge in [-0.05, 0) is 18.6 Å². The SMILES string of the molecule is CCc1c(N)n[nH]c1-c1cccc(C(F)(F)F)c1. The van der Waals surface area contributed by atoms with Crippen molar-refractivity contribution in [2.24, 2.45) is 0 Å². The Balaban J connectivity index is 2.51. The second kappa shape index (κ2) is 4.36. The van der Waals surface area contributed by atoms with Crippen LogP contribution in [0.1, 0.15) is 18.1 Å². The molecule has 18 heavy (non-hydrogen) atoms. The highest BCUT2D eigenvalue weighted by atomic mass is 19.4. The van der Waals surface area contributed by atoms with Gasteiger partial charge in [0.15, 0.2) is 0 Å². The van der Waals surface area contributed by atoms with Crippen LogP contribution >= 0.6 is 0 Å². The van der Waals surface area contributed by atoms with Crippen LogP contribution < -0.4 is 5.73 Å². The van der Waals surface area contributed by atoms with Gasteiger partial charge in [0, 0.05) is 11.1 Å². The van der Waals surface area contributed by atoms with Gasteiger partial charge in [0.05, 0.1) is 11.3 Å². The third-order valence-electron chi connectivity index (χ3n) is 2.73. The van der Waals surface area contributed by atoms with E-state index in [-0.39, 0.29) is 0 Å². The fourth-order valence-corrected chi connectivity index (χ4v) is 1.83. The fraction of sp³-hybridized carbons (Fsp3) is 0.250. The molecule has 0 amide bonds. The number of rotatable bonds is 2. The molecule has 0 aliphatic rings. The van der Waals surface area contributed by atoms with Crippen molar-refractivity contribution in [2.45, 2.75) is 19.5 Å². The van der Waals surface area contributed by atoms with Crippen LogP contribution in [0.3, 0.4) is 0 Å². The number of aromatic amines is 1. The molecule has 2 rings (SSSR count). The van der Waals surface area contributed by atoms with E-state index in [0.717, 1.165) is 17.7 Å². The predicted molar refractivity (Wildman–Crippen MR) is 62.8 cm³/mol. The summed E-state index contributed by atoms with van der Waals surface area (Å²) in [6.45, 7) is 1.87. The standard InChI is InChI=1S/C12H12F3N3/c1-2-9-10(17-18-11(9)16)7-4-3-5-8(6-7)12(13,14)15/h3-6H,2H2,1H3,(H3,16,17,18). The molecule has 0 aliphatic heterocycles. The molecule has 2 aromatic rings. The van der Waals surface area contributed by atoms with Gasteiger partial charge in [-0.25, -0.2) is 0 Å². The number of nitrogens with two attached hydrogens (primary N) is 1. The van der Waals surface area contributed by atoms with Crippen LogP contribution in [0.4, 0.5) is 19.0 Å². The first-order valence-corrected chi connectivity index (χ1v) is 5.43. The van der Waals surface area contributed by atoms with E-state index in [2.05, 4.69) is 10.2 Å². The average Bonchev–Trinajstić information content (AvgIpc) is 2.69. The summed E-state index contributed by atoms with van der Waals surface area (Å²) < 4.78 is 37.9. The lowest BCUT2D eigenvalue weighted by Crippen LogP contribution is -2.04. The molecule has 1 heterocycles. The van der Waals surface area contributed by atoms with Gasteiger partial charge in [0.25, 0.3) is 0 Å². The number of nitrogens with zero attached hydrogens (tertiary/aromatic N) is 1. The summed E-state index contributed by atoms with van der Waals surface area (Å²) >= 11 is 0. The first kappa shape index (κ1) is 12.5.